The Labute approximate surface area is 128 Å². The summed E-state index contributed by atoms with van der Waals surface area (Å²) >= 11 is 3.16. The second-order valence-electron chi connectivity index (χ2n) is 4.08. The van der Waals surface area contributed by atoms with E-state index >= 15 is 0 Å². The molecular formula is C13H11BrN2O5. The van der Waals surface area contributed by atoms with Crippen LogP contribution in [-0.2, 0) is 9.59 Å². The first-order valence-electron chi connectivity index (χ1n) is 5.96. The number of amides is 4. The number of aromatic hydroxyl groups is 1. The zero-order chi connectivity index (χ0) is 15.6. The van der Waals surface area contributed by atoms with Gasteiger partial charge in [0.05, 0.1) is 11.1 Å². The fourth-order valence-corrected chi connectivity index (χ4v) is 2.18. The largest absolute Gasteiger partial charge is 0.503 e. The molecule has 0 unspecified atom stereocenters. The Bertz CT molecular complexity index is 647. The van der Waals surface area contributed by atoms with Gasteiger partial charge >= 0.3 is 6.03 Å². The lowest BCUT2D eigenvalue weighted by Crippen LogP contribution is -2.51. The quantitative estimate of drug-likeness (QED) is 0.560. The maximum absolute atomic E-state index is 11.6. The van der Waals surface area contributed by atoms with Gasteiger partial charge in [-0.1, -0.05) is 0 Å². The average Bonchev–Trinajstić information content (AvgIpc) is 2.39. The van der Waals surface area contributed by atoms with Crippen molar-refractivity contribution < 1.29 is 24.2 Å². The Morgan fingerprint density at radius 1 is 1.24 bits per heavy atom. The predicted octanol–water partition coefficient (Wildman–Crippen LogP) is 1.30. The van der Waals surface area contributed by atoms with E-state index in [-0.39, 0.29) is 17.1 Å². The number of phenolic OH excluding ortho intramolecular Hbond substituents is 1. The summed E-state index contributed by atoms with van der Waals surface area (Å²) < 4.78 is 5.61. The van der Waals surface area contributed by atoms with E-state index in [2.05, 4.69) is 15.9 Å². The van der Waals surface area contributed by atoms with Gasteiger partial charge in [-0.15, -0.1) is 0 Å². The topological polar surface area (TPSA) is 105 Å². The summed E-state index contributed by atoms with van der Waals surface area (Å²) in [6.07, 6.45) is 1.30. The van der Waals surface area contributed by atoms with Gasteiger partial charge in [0.1, 0.15) is 5.57 Å². The van der Waals surface area contributed by atoms with E-state index in [1.165, 1.54) is 18.2 Å². The Hall–Kier alpha value is -2.35. The van der Waals surface area contributed by atoms with Crippen molar-refractivity contribution in [3.8, 4) is 11.5 Å². The highest BCUT2D eigenvalue weighted by molar-refractivity contribution is 9.10. The molecule has 0 spiro atoms. The third-order valence-electron chi connectivity index (χ3n) is 2.60. The minimum absolute atomic E-state index is 0.0771. The molecule has 1 aromatic rings. The van der Waals surface area contributed by atoms with Crippen molar-refractivity contribution in [2.75, 3.05) is 6.61 Å². The Morgan fingerprint density at radius 3 is 2.43 bits per heavy atom. The van der Waals surface area contributed by atoms with Crippen LogP contribution < -0.4 is 15.4 Å². The van der Waals surface area contributed by atoms with Gasteiger partial charge in [-0.25, -0.2) is 4.79 Å². The molecular weight excluding hydrogens is 344 g/mol. The molecule has 7 nitrogen and oxygen atoms in total. The molecule has 1 fully saturated rings. The molecule has 0 radical (unpaired) electrons. The molecule has 8 heteroatoms. The summed E-state index contributed by atoms with van der Waals surface area (Å²) in [6.45, 7) is 2.10. The van der Waals surface area contributed by atoms with Crippen molar-refractivity contribution in [3.05, 3.63) is 27.7 Å². The number of halogens is 1. The minimum atomic E-state index is -0.857. The van der Waals surface area contributed by atoms with Gasteiger partial charge in [-0.05, 0) is 46.6 Å². The summed E-state index contributed by atoms with van der Waals surface area (Å²) in [4.78, 5) is 34.2. The van der Waals surface area contributed by atoms with E-state index in [0.717, 1.165) is 0 Å². The average molecular weight is 355 g/mol. The summed E-state index contributed by atoms with van der Waals surface area (Å²) in [6, 6.07) is 2.14. The molecule has 1 aliphatic rings. The molecule has 2 rings (SSSR count). The Morgan fingerprint density at radius 2 is 1.86 bits per heavy atom. The van der Waals surface area contributed by atoms with Gasteiger partial charge in [0.25, 0.3) is 11.8 Å². The van der Waals surface area contributed by atoms with Crippen LogP contribution in [0.25, 0.3) is 6.08 Å². The Kier molecular flexibility index (Phi) is 4.27. The van der Waals surface area contributed by atoms with Gasteiger partial charge < -0.3 is 9.84 Å². The number of carbonyl (C=O) groups excluding carboxylic acids is 3. The molecule has 0 aromatic heterocycles. The van der Waals surface area contributed by atoms with E-state index in [9.17, 15) is 19.5 Å². The number of phenols is 1. The number of urea groups is 1. The number of hydrogen-bond donors (Lipinski definition) is 3. The number of rotatable bonds is 3. The normalized spacial score (nSPS) is 14.6. The molecule has 1 aliphatic heterocycles. The maximum atomic E-state index is 11.6. The summed E-state index contributed by atoms with van der Waals surface area (Å²) in [5.74, 6) is -1.44. The SMILES string of the molecule is CCOc1cc(C=C2C(=O)NC(=O)NC2=O)cc(Br)c1O. The van der Waals surface area contributed by atoms with E-state index in [1.807, 2.05) is 10.6 Å². The standard InChI is InChI=1S/C13H11BrN2O5/c1-2-21-9-5-6(4-8(14)10(9)17)3-7-11(18)15-13(20)16-12(7)19/h3-5,17H,2H2,1H3,(H2,15,16,18,19,20). The monoisotopic (exact) mass is 354 g/mol. The number of ether oxygens (including phenoxy) is 1. The van der Waals surface area contributed by atoms with Crippen molar-refractivity contribution in [1.29, 1.82) is 0 Å². The number of barbiturate groups is 1. The van der Waals surface area contributed by atoms with Gasteiger partial charge in [0.2, 0.25) is 0 Å². The highest BCUT2D eigenvalue weighted by Crippen LogP contribution is 2.36. The number of hydrogen-bond acceptors (Lipinski definition) is 5. The molecule has 21 heavy (non-hydrogen) atoms. The summed E-state index contributed by atoms with van der Waals surface area (Å²) in [5.41, 5.74) is 0.243. The third kappa shape index (κ3) is 3.22. The maximum Gasteiger partial charge on any atom is 0.328 e. The van der Waals surface area contributed by atoms with Crippen molar-refractivity contribution >= 4 is 39.9 Å². The molecule has 4 amide bonds. The van der Waals surface area contributed by atoms with Crippen LogP contribution in [0.4, 0.5) is 4.79 Å². The van der Waals surface area contributed by atoms with Crippen molar-refractivity contribution in [2.45, 2.75) is 6.92 Å². The summed E-state index contributed by atoms with van der Waals surface area (Å²) in [7, 11) is 0. The van der Waals surface area contributed by atoms with Crippen molar-refractivity contribution in [3.63, 3.8) is 0 Å². The van der Waals surface area contributed by atoms with Crippen molar-refractivity contribution in [2.24, 2.45) is 0 Å². The molecule has 3 N–H and O–H groups in total. The fraction of sp³-hybridized carbons (Fsp3) is 0.154. The molecule has 1 saturated heterocycles. The molecule has 0 atom stereocenters. The lowest BCUT2D eigenvalue weighted by atomic mass is 10.1. The highest BCUT2D eigenvalue weighted by atomic mass is 79.9. The van der Waals surface area contributed by atoms with Crippen LogP contribution in [0.2, 0.25) is 0 Å². The smallest absolute Gasteiger partial charge is 0.328 e. The van der Waals surface area contributed by atoms with Gasteiger partial charge in [0, 0.05) is 0 Å². The second-order valence-corrected chi connectivity index (χ2v) is 4.93. The van der Waals surface area contributed by atoms with Crippen LogP contribution >= 0.6 is 15.9 Å². The van der Waals surface area contributed by atoms with Gasteiger partial charge in [-0.3, -0.25) is 20.2 Å². The summed E-state index contributed by atoms with van der Waals surface area (Å²) in [5, 5.41) is 13.8. The molecule has 1 heterocycles. The van der Waals surface area contributed by atoms with E-state index in [4.69, 9.17) is 4.74 Å². The van der Waals surface area contributed by atoms with Crippen molar-refractivity contribution in [1.82, 2.24) is 10.6 Å². The first-order valence-corrected chi connectivity index (χ1v) is 6.75. The van der Waals surface area contributed by atoms with Gasteiger partial charge in [0.15, 0.2) is 11.5 Å². The second kappa shape index (κ2) is 5.96. The Balaban J connectivity index is 2.42. The molecule has 110 valence electrons. The van der Waals surface area contributed by atoms with Crippen LogP contribution in [0.5, 0.6) is 11.5 Å². The van der Waals surface area contributed by atoms with Crippen LogP contribution in [-0.4, -0.2) is 29.6 Å². The van der Waals surface area contributed by atoms with Gasteiger partial charge in [-0.2, -0.15) is 0 Å². The molecule has 1 aromatic carbocycles. The van der Waals surface area contributed by atoms with E-state index in [1.54, 1.807) is 6.92 Å². The van der Waals surface area contributed by atoms with Crippen LogP contribution in [0.3, 0.4) is 0 Å². The highest BCUT2D eigenvalue weighted by Gasteiger charge is 2.27. The molecule has 0 saturated carbocycles. The lowest BCUT2D eigenvalue weighted by molar-refractivity contribution is -0.123. The minimum Gasteiger partial charge on any atom is -0.503 e. The lowest BCUT2D eigenvalue weighted by Gasteiger charge is -2.14. The molecule has 0 aliphatic carbocycles. The van der Waals surface area contributed by atoms with E-state index < -0.39 is 17.8 Å². The van der Waals surface area contributed by atoms with Crippen LogP contribution in [0, 0.1) is 0 Å². The number of imide groups is 2. The fourth-order valence-electron chi connectivity index (χ4n) is 1.72. The number of benzene rings is 1. The van der Waals surface area contributed by atoms with E-state index in [0.29, 0.717) is 16.6 Å². The zero-order valence-corrected chi connectivity index (χ0v) is 12.5. The van der Waals surface area contributed by atoms with Crippen LogP contribution in [0.15, 0.2) is 22.2 Å². The molecule has 0 bridgehead atoms. The number of carbonyl (C=O) groups is 3. The first kappa shape index (κ1) is 15.0. The first-order chi connectivity index (χ1) is 9.92. The van der Waals surface area contributed by atoms with Crippen LogP contribution in [0.1, 0.15) is 12.5 Å². The third-order valence-corrected chi connectivity index (χ3v) is 3.21. The predicted molar refractivity (Wildman–Crippen MR) is 76.6 cm³/mol. The number of nitrogens with one attached hydrogen (secondary N) is 2. The zero-order valence-electron chi connectivity index (χ0n) is 10.9.